The number of phosphoric ester groups is 2. The molecule has 2 saturated heterocycles. The number of aliphatic hydroxyl groups is 1. The maximum atomic E-state index is 13.0. The molecule has 6 rings (SSSR count). The lowest BCUT2D eigenvalue weighted by molar-refractivity contribution is -0.0549. The van der Waals surface area contributed by atoms with E-state index in [2.05, 4.69) is 29.9 Å². The molecule has 0 radical (unpaired) electrons. The van der Waals surface area contributed by atoms with Gasteiger partial charge in [-0.1, -0.05) is 0 Å². The molecule has 4 aromatic rings. The molecule has 0 aromatic carbocycles. The highest BCUT2D eigenvalue weighted by atomic mass is 31.2. The van der Waals surface area contributed by atoms with Gasteiger partial charge in [0, 0.05) is 12.8 Å². The smallest absolute Gasteiger partial charge is 0.394 e. The monoisotopic (exact) mass is 660 g/mol. The highest BCUT2D eigenvalue weighted by molar-refractivity contribution is 7.47. The normalized spacial score (nSPS) is 27.4. The molecule has 238 valence electrons. The van der Waals surface area contributed by atoms with Gasteiger partial charge in [0.15, 0.2) is 22.6 Å². The highest BCUT2D eigenvalue weighted by Gasteiger charge is 2.45. The Morgan fingerprint density at radius 3 is 2.25 bits per heavy atom. The van der Waals surface area contributed by atoms with E-state index in [1.54, 1.807) is 0 Å². The molecule has 0 bridgehead atoms. The number of nitrogens with zero attached hydrogens (tertiary/aromatic N) is 7. The summed E-state index contributed by atoms with van der Waals surface area (Å²) in [5, 5.41) is 9.84. The van der Waals surface area contributed by atoms with Gasteiger partial charge in [-0.15, -0.1) is 0 Å². The molecule has 0 aliphatic carbocycles. The number of hydrogen-bond acceptors (Lipinski definition) is 16. The van der Waals surface area contributed by atoms with E-state index < -0.39 is 71.3 Å². The maximum absolute atomic E-state index is 13.0. The molecule has 2 fully saturated rings. The lowest BCUT2D eigenvalue weighted by Gasteiger charge is -2.23. The van der Waals surface area contributed by atoms with Gasteiger partial charge in [-0.25, -0.2) is 29.1 Å². The third kappa shape index (κ3) is 6.10. The molecule has 6 heterocycles. The minimum absolute atomic E-state index is 0.0227. The van der Waals surface area contributed by atoms with Crippen molar-refractivity contribution in [3.63, 3.8) is 0 Å². The zero-order valence-corrected chi connectivity index (χ0v) is 24.0. The Bertz CT molecular complexity index is 1840. The van der Waals surface area contributed by atoms with Crippen LogP contribution in [0.1, 0.15) is 25.3 Å². The van der Waals surface area contributed by atoms with Crippen LogP contribution in [0.15, 0.2) is 23.8 Å². The van der Waals surface area contributed by atoms with E-state index in [-0.39, 0.29) is 46.9 Å². The van der Waals surface area contributed by atoms with Crippen LogP contribution in [-0.2, 0) is 32.2 Å². The molecule has 4 aromatic heterocycles. The van der Waals surface area contributed by atoms with Crippen LogP contribution in [0.2, 0.25) is 0 Å². The Balaban J connectivity index is 1.15. The van der Waals surface area contributed by atoms with Crippen LogP contribution < -0.4 is 17.0 Å². The SMILES string of the molecule is Nc1nc2c(ncn2[C@H]2C[C@H](OP(=O)(O)OC[C@H]3O[C@@H](n4cnc5c(N)ncnc54)C[C@@H]3OP(=O)(O)O)[C@@H](CO)O2)c(=O)[nH]1. The molecule has 2 aliphatic rings. The van der Waals surface area contributed by atoms with Crippen molar-refractivity contribution in [3.05, 3.63) is 29.3 Å². The molecule has 0 saturated carbocycles. The quantitative estimate of drug-likeness (QED) is 0.0969. The van der Waals surface area contributed by atoms with E-state index in [1.165, 1.54) is 28.1 Å². The molecule has 9 N–H and O–H groups in total. The third-order valence-electron chi connectivity index (χ3n) is 6.94. The number of aliphatic hydroxyl groups excluding tert-OH is 1. The Kier molecular flexibility index (Phi) is 8.01. The van der Waals surface area contributed by atoms with Crippen molar-refractivity contribution in [2.45, 2.75) is 49.7 Å². The number of rotatable bonds is 10. The van der Waals surface area contributed by atoms with Gasteiger partial charge in [-0.3, -0.25) is 32.5 Å². The van der Waals surface area contributed by atoms with E-state index in [0.29, 0.717) is 0 Å². The van der Waals surface area contributed by atoms with Crippen molar-refractivity contribution in [2.75, 3.05) is 24.7 Å². The fourth-order valence-electron chi connectivity index (χ4n) is 5.06. The van der Waals surface area contributed by atoms with Crippen molar-refractivity contribution >= 4 is 49.7 Å². The molecule has 44 heavy (non-hydrogen) atoms. The fourth-order valence-corrected chi connectivity index (χ4v) is 6.59. The first kappa shape index (κ1) is 30.6. The second kappa shape index (κ2) is 11.5. The largest absolute Gasteiger partial charge is 0.472 e. The minimum Gasteiger partial charge on any atom is -0.394 e. The summed E-state index contributed by atoms with van der Waals surface area (Å²) in [5.74, 6) is -0.0688. The standard InChI is InChI=1S/C20H26N10O12P2/c21-16-14-17(24-5-23-16)29(6-25-14)12-2-9(41-43(33,34)35)11(40-12)4-38-44(36,37)42-8-1-13(39-10(8)3-31)30-7-26-15-18(30)27-20(22)28-19(15)32/h5-13,31H,1-4H2,(H,36,37)(H2,21,23,24)(H2,33,34,35)(H3,22,27,28,32)/t8-,9-,10+,11+,12+,13+/m0/s1. The predicted octanol–water partition coefficient (Wildman–Crippen LogP) is -1.33. The van der Waals surface area contributed by atoms with E-state index in [0.717, 1.165) is 0 Å². The molecule has 22 nitrogen and oxygen atoms in total. The Labute approximate surface area is 244 Å². The van der Waals surface area contributed by atoms with Crippen molar-refractivity contribution in [2.24, 2.45) is 0 Å². The average molecular weight is 660 g/mol. The number of phosphoric acid groups is 2. The minimum atomic E-state index is -5.02. The van der Waals surface area contributed by atoms with Gasteiger partial charge in [-0.2, -0.15) is 4.98 Å². The molecule has 24 heteroatoms. The second-order valence-electron chi connectivity index (χ2n) is 9.81. The van der Waals surface area contributed by atoms with Gasteiger partial charge in [0.1, 0.15) is 48.7 Å². The lowest BCUT2D eigenvalue weighted by atomic mass is 10.2. The molecular weight excluding hydrogens is 634 g/mol. The zero-order chi connectivity index (χ0) is 31.4. The molecular formula is C20H26N10O12P2. The van der Waals surface area contributed by atoms with Crippen LogP contribution in [0.4, 0.5) is 11.8 Å². The number of fused-ring (bicyclic) bond motifs is 2. The highest BCUT2D eigenvalue weighted by Crippen LogP contribution is 2.50. The number of hydrogen-bond donors (Lipinski definition) is 7. The van der Waals surface area contributed by atoms with Crippen molar-refractivity contribution in [1.82, 2.24) is 39.0 Å². The predicted molar refractivity (Wildman–Crippen MR) is 144 cm³/mol. The summed E-state index contributed by atoms with van der Waals surface area (Å²) >= 11 is 0. The lowest BCUT2D eigenvalue weighted by Crippen LogP contribution is -2.30. The van der Waals surface area contributed by atoms with E-state index in [1.807, 2.05) is 0 Å². The van der Waals surface area contributed by atoms with Gasteiger partial charge < -0.3 is 40.7 Å². The summed E-state index contributed by atoms with van der Waals surface area (Å²) in [6.45, 7) is -1.31. The summed E-state index contributed by atoms with van der Waals surface area (Å²) in [6, 6.07) is 0. The van der Waals surface area contributed by atoms with Gasteiger partial charge in [0.05, 0.1) is 25.9 Å². The van der Waals surface area contributed by atoms with Crippen LogP contribution in [0.25, 0.3) is 22.3 Å². The van der Waals surface area contributed by atoms with Crippen LogP contribution in [0, 0.1) is 0 Å². The molecule has 0 spiro atoms. The summed E-state index contributed by atoms with van der Waals surface area (Å²) in [4.78, 5) is 64.0. The fraction of sp³-hybridized carbons (Fsp3) is 0.500. The number of imidazole rings is 2. The summed E-state index contributed by atoms with van der Waals surface area (Å²) < 4.78 is 54.4. The van der Waals surface area contributed by atoms with E-state index in [9.17, 15) is 33.7 Å². The average Bonchev–Trinajstić information content (AvgIpc) is 3.71. The van der Waals surface area contributed by atoms with Crippen molar-refractivity contribution < 1.29 is 52.0 Å². The first-order valence-corrected chi connectivity index (χ1v) is 15.8. The van der Waals surface area contributed by atoms with Crippen LogP contribution >= 0.6 is 15.6 Å². The number of ether oxygens (including phenoxy) is 2. The van der Waals surface area contributed by atoms with E-state index >= 15 is 0 Å². The van der Waals surface area contributed by atoms with Gasteiger partial charge in [-0.05, 0) is 0 Å². The number of nitrogen functional groups attached to an aromatic ring is 2. The Morgan fingerprint density at radius 2 is 1.57 bits per heavy atom. The number of aromatic nitrogens is 8. The molecule has 7 atom stereocenters. The second-order valence-corrected chi connectivity index (χ2v) is 12.4. The van der Waals surface area contributed by atoms with Gasteiger partial charge >= 0.3 is 15.6 Å². The molecule has 2 aliphatic heterocycles. The number of aromatic amines is 1. The van der Waals surface area contributed by atoms with Crippen molar-refractivity contribution in [1.29, 1.82) is 0 Å². The zero-order valence-electron chi connectivity index (χ0n) is 22.3. The number of nitrogens with two attached hydrogens (primary N) is 2. The maximum Gasteiger partial charge on any atom is 0.472 e. The van der Waals surface area contributed by atoms with Crippen LogP contribution in [-0.4, -0.2) is 96.5 Å². The summed E-state index contributed by atoms with van der Waals surface area (Å²) in [5.41, 5.74) is 11.5. The first-order valence-electron chi connectivity index (χ1n) is 12.8. The van der Waals surface area contributed by atoms with Gasteiger partial charge in [0.25, 0.3) is 5.56 Å². The number of H-pyrrole nitrogens is 1. The number of anilines is 2. The molecule has 1 unspecified atom stereocenters. The Hall–Kier alpha value is -3.40. The molecule has 0 amide bonds. The third-order valence-corrected chi connectivity index (χ3v) is 8.50. The van der Waals surface area contributed by atoms with E-state index in [4.69, 9.17) is 34.5 Å². The van der Waals surface area contributed by atoms with Crippen LogP contribution in [0.5, 0.6) is 0 Å². The van der Waals surface area contributed by atoms with Crippen molar-refractivity contribution in [3.8, 4) is 0 Å². The summed E-state index contributed by atoms with van der Waals surface area (Å²) in [6.07, 6.45) is -3.09. The van der Waals surface area contributed by atoms with Crippen LogP contribution in [0.3, 0.4) is 0 Å². The number of nitrogens with one attached hydrogen (secondary N) is 1. The Morgan fingerprint density at radius 1 is 0.932 bits per heavy atom. The first-order chi connectivity index (χ1) is 20.8. The van der Waals surface area contributed by atoms with Gasteiger partial charge in [0.2, 0.25) is 5.95 Å². The summed E-state index contributed by atoms with van der Waals surface area (Å²) in [7, 11) is -9.93. The topological polar surface area (TPSA) is 320 Å².